The van der Waals surface area contributed by atoms with Crippen LogP contribution in [0, 0.1) is 0 Å². The standard InChI is InChI=1S/2C6H12O2.Br2Te/c2*1-2-3-4-5-6(7)8;1-3-2/h2*2-5H2,1H3,(H,7,8);. The van der Waals surface area contributed by atoms with Crippen LogP contribution in [0.25, 0.3) is 0 Å². The van der Waals surface area contributed by atoms with Crippen molar-refractivity contribution in [1.82, 2.24) is 0 Å². The zero-order valence-electron chi connectivity index (χ0n) is 11.5. The van der Waals surface area contributed by atoms with Gasteiger partial charge in [-0.15, -0.1) is 0 Å². The zero-order valence-corrected chi connectivity index (χ0v) is 17.0. The molecule has 0 amide bonds. The smallest absolute Gasteiger partial charge is 0.303 e. The minimum absolute atomic E-state index is 0.0950. The topological polar surface area (TPSA) is 74.6 Å². The quantitative estimate of drug-likeness (QED) is 0.363. The second-order valence-electron chi connectivity index (χ2n) is 3.76. The fraction of sp³-hybridized carbons (Fsp3) is 0.833. The van der Waals surface area contributed by atoms with Crippen LogP contribution >= 0.6 is 25.5 Å². The molecule has 0 aliphatic heterocycles. The minimum atomic E-state index is -0.682. The van der Waals surface area contributed by atoms with Crippen molar-refractivity contribution in [2.24, 2.45) is 0 Å². The normalized spacial score (nSPS) is 8.63. The summed E-state index contributed by atoms with van der Waals surface area (Å²) < 4.78 is 0. The summed E-state index contributed by atoms with van der Waals surface area (Å²) in [7, 11) is 0. The van der Waals surface area contributed by atoms with Crippen LogP contribution in [0.5, 0.6) is 0 Å². The van der Waals surface area contributed by atoms with Crippen LogP contribution in [0.2, 0.25) is 0 Å². The number of carboxylic acids is 2. The van der Waals surface area contributed by atoms with Gasteiger partial charge in [0, 0.05) is 12.8 Å². The molecule has 0 heterocycles. The molecule has 0 radical (unpaired) electrons. The van der Waals surface area contributed by atoms with E-state index >= 15 is 0 Å². The van der Waals surface area contributed by atoms with Gasteiger partial charge in [-0.3, -0.25) is 9.59 Å². The number of hydrogen-bond donors (Lipinski definition) is 2. The van der Waals surface area contributed by atoms with E-state index in [0.717, 1.165) is 38.5 Å². The van der Waals surface area contributed by atoms with E-state index in [-0.39, 0.29) is 16.5 Å². The Balaban J connectivity index is -0.000000224. The van der Waals surface area contributed by atoms with Gasteiger partial charge in [0.2, 0.25) is 0 Å². The van der Waals surface area contributed by atoms with Crippen LogP contribution in [-0.2, 0) is 9.59 Å². The van der Waals surface area contributed by atoms with Gasteiger partial charge in [-0.1, -0.05) is 39.5 Å². The van der Waals surface area contributed by atoms with Crippen molar-refractivity contribution in [3.8, 4) is 0 Å². The average molecular weight is 520 g/mol. The minimum Gasteiger partial charge on any atom is -0.481 e. The van der Waals surface area contributed by atoms with Crippen molar-refractivity contribution in [3.05, 3.63) is 0 Å². The number of halogens is 2. The van der Waals surface area contributed by atoms with Gasteiger partial charge >= 0.3 is 54.0 Å². The molecule has 2 N–H and O–H groups in total. The number of unbranched alkanes of at least 4 members (excludes halogenated alkanes) is 4. The number of rotatable bonds is 8. The molecule has 19 heavy (non-hydrogen) atoms. The van der Waals surface area contributed by atoms with Gasteiger partial charge in [0.15, 0.2) is 0 Å². The van der Waals surface area contributed by atoms with Crippen LogP contribution < -0.4 is 0 Å². The van der Waals surface area contributed by atoms with E-state index < -0.39 is 11.9 Å². The molecule has 0 aliphatic carbocycles. The predicted molar refractivity (Wildman–Crippen MR) is 87.2 cm³/mol. The second-order valence-corrected chi connectivity index (χ2v) is 14.3. The van der Waals surface area contributed by atoms with E-state index in [0.29, 0.717) is 12.8 Å². The molecular formula is C12H24Br2O4Te. The maximum absolute atomic E-state index is 9.87. The third-order valence-corrected chi connectivity index (χ3v) is 1.99. The van der Waals surface area contributed by atoms with Gasteiger partial charge in [0.1, 0.15) is 0 Å². The maximum Gasteiger partial charge on any atom is 0.303 e. The average Bonchev–Trinajstić information content (AvgIpc) is 2.31. The zero-order chi connectivity index (χ0) is 15.5. The molecule has 4 nitrogen and oxygen atoms in total. The third-order valence-electron chi connectivity index (χ3n) is 1.99. The Hall–Kier alpha value is 0.690. The van der Waals surface area contributed by atoms with Crippen molar-refractivity contribution in [3.63, 3.8) is 0 Å². The number of carbonyl (C=O) groups is 2. The van der Waals surface area contributed by atoms with Gasteiger partial charge in [0.05, 0.1) is 0 Å². The molecule has 0 unspecified atom stereocenters. The molecule has 0 saturated carbocycles. The van der Waals surface area contributed by atoms with E-state index in [4.69, 9.17) is 10.2 Å². The number of carboxylic acid groups (broad SMARTS) is 2. The van der Waals surface area contributed by atoms with E-state index in [2.05, 4.69) is 39.4 Å². The Morgan fingerprint density at radius 2 is 1.11 bits per heavy atom. The molecule has 7 heteroatoms. The summed E-state index contributed by atoms with van der Waals surface area (Å²) in [5, 5.41) is 16.3. The van der Waals surface area contributed by atoms with Crippen molar-refractivity contribution < 1.29 is 19.8 Å². The number of hydrogen-bond acceptors (Lipinski definition) is 2. The van der Waals surface area contributed by atoms with Crippen molar-refractivity contribution in [2.75, 3.05) is 0 Å². The number of aliphatic carboxylic acids is 2. The maximum atomic E-state index is 9.87. The summed E-state index contributed by atoms with van der Waals surface area (Å²) in [6.07, 6.45) is 6.55. The van der Waals surface area contributed by atoms with Crippen molar-refractivity contribution in [2.45, 2.75) is 65.2 Å². The summed E-state index contributed by atoms with van der Waals surface area (Å²) in [6.45, 7) is 4.11. The van der Waals surface area contributed by atoms with Crippen LogP contribution in [0.15, 0.2) is 0 Å². The van der Waals surface area contributed by atoms with Gasteiger partial charge in [-0.2, -0.15) is 0 Å². The Kier molecular flexibility index (Phi) is 30.9. The first-order valence-electron chi connectivity index (χ1n) is 6.29. The molecule has 0 aliphatic rings. The van der Waals surface area contributed by atoms with Gasteiger partial charge in [-0.25, -0.2) is 0 Å². The molecule has 0 aromatic carbocycles. The molecule has 0 rings (SSSR count). The third kappa shape index (κ3) is 45.6. The fourth-order valence-corrected chi connectivity index (χ4v) is 1.05. The van der Waals surface area contributed by atoms with Gasteiger partial charge < -0.3 is 10.2 Å². The summed E-state index contributed by atoms with van der Waals surface area (Å²) in [4.78, 5) is 19.7. The van der Waals surface area contributed by atoms with Gasteiger partial charge in [0.25, 0.3) is 0 Å². The summed E-state index contributed by atoms with van der Waals surface area (Å²) in [6, 6.07) is 0. The van der Waals surface area contributed by atoms with E-state index in [9.17, 15) is 9.59 Å². The van der Waals surface area contributed by atoms with Crippen LogP contribution in [0.4, 0.5) is 0 Å². The van der Waals surface area contributed by atoms with E-state index in [1.807, 2.05) is 0 Å². The monoisotopic (exact) mass is 520 g/mol. The molecule has 0 spiro atoms. The molecule has 0 saturated heterocycles. The first-order chi connectivity index (χ1) is 8.95. The Bertz CT molecular complexity index is 184. The molecule has 0 aromatic rings. The predicted octanol–water partition coefficient (Wildman–Crippen LogP) is 4.61. The summed E-state index contributed by atoms with van der Waals surface area (Å²) >= 11 is 6.48. The SMILES string of the molecule is Br[Te]Br.CCCCCC(=O)O.CCCCCC(=O)O. The van der Waals surface area contributed by atoms with Crippen molar-refractivity contribution >= 4 is 54.0 Å². The molecule has 116 valence electrons. The Morgan fingerprint density at radius 3 is 1.26 bits per heavy atom. The second kappa shape index (κ2) is 23.8. The molecule has 0 bridgehead atoms. The summed E-state index contributed by atoms with van der Waals surface area (Å²) in [5.41, 5.74) is 0. The molecule has 0 fully saturated rings. The van der Waals surface area contributed by atoms with Crippen LogP contribution in [0.1, 0.15) is 65.2 Å². The first-order valence-corrected chi connectivity index (χ1v) is 16.7. The molecule has 0 aromatic heterocycles. The largest absolute Gasteiger partial charge is 0.481 e. The Morgan fingerprint density at radius 1 is 0.842 bits per heavy atom. The summed E-state index contributed by atoms with van der Waals surface area (Å²) in [5.74, 6) is -1.36. The molecular weight excluding hydrogens is 496 g/mol. The van der Waals surface area contributed by atoms with Crippen LogP contribution in [0.3, 0.4) is 0 Å². The van der Waals surface area contributed by atoms with Crippen molar-refractivity contribution in [1.29, 1.82) is 0 Å². The first kappa shape index (κ1) is 24.7. The fourth-order valence-electron chi connectivity index (χ4n) is 1.05. The van der Waals surface area contributed by atoms with E-state index in [1.165, 1.54) is 0 Å². The Labute approximate surface area is 138 Å². The van der Waals surface area contributed by atoms with Crippen LogP contribution in [-0.4, -0.2) is 38.7 Å². The van der Waals surface area contributed by atoms with E-state index in [1.54, 1.807) is 0 Å². The van der Waals surface area contributed by atoms with Gasteiger partial charge in [-0.05, 0) is 12.8 Å². The molecule has 0 atom stereocenters.